The van der Waals surface area contributed by atoms with Gasteiger partial charge >= 0.3 is 0 Å². The minimum atomic E-state index is 0.560. The van der Waals surface area contributed by atoms with Crippen molar-refractivity contribution in [2.24, 2.45) is 0 Å². The van der Waals surface area contributed by atoms with Crippen LogP contribution in [0.25, 0.3) is 22.3 Å². The van der Waals surface area contributed by atoms with Gasteiger partial charge < -0.3 is 4.74 Å². The molecule has 24 heavy (non-hydrogen) atoms. The molecule has 0 aliphatic heterocycles. The first-order chi connectivity index (χ1) is 11.8. The van der Waals surface area contributed by atoms with Gasteiger partial charge in [-0.15, -0.1) is 0 Å². The summed E-state index contributed by atoms with van der Waals surface area (Å²) in [6.45, 7) is 0. The minimum Gasteiger partial charge on any atom is -0.438 e. The number of halogens is 1. The lowest BCUT2D eigenvalue weighted by Gasteiger charge is -2.10. The first-order valence-electron chi connectivity index (χ1n) is 7.55. The zero-order valence-corrected chi connectivity index (χ0v) is 14.3. The van der Waals surface area contributed by atoms with Crippen molar-refractivity contribution < 1.29 is 4.74 Å². The number of rotatable bonds is 3. The Morgan fingerprint density at radius 2 is 1.42 bits per heavy atom. The molecular weight excluding hydrogens is 364 g/mol. The normalized spacial score (nSPS) is 10.7. The molecule has 0 saturated heterocycles. The summed E-state index contributed by atoms with van der Waals surface area (Å²) in [5.41, 5.74) is 1.80. The van der Waals surface area contributed by atoms with Crippen molar-refractivity contribution in [2.45, 2.75) is 0 Å². The predicted molar refractivity (Wildman–Crippen MR) is 99.2 cm³/mol. The van der Waals surface area contributed by atoms with Gasteiger partial charge in [0.05, 0.1) is 10.9 Å². The monoisotopic (exact) mass is 376 g/mol. The van der Waals surface area contributed by atoms with Crippen LogP contribution in [-0.4, -0.2) is 9.97 Å². The summed E-state index contributed by atoms with van der Waals surface area (Å²) in [6.07, 6.45) is 0. The fourth-order valence-corrected chi connectivity index (χ4v) is 2.72. The van der Waals surface area contributed by atoms with E-state index in [9.17, 15) is 0 Å². The number of para-hydroxylation sites is 2. The highest BCUT2D eigenvalue weighted by atomic mass is 79.9. The molecular formula is C20H13BrN2O. The lowest BCUT2D eigenvalue weighted by atomic mass is 10.2. The van der Waals surface area contributed by atoms with Crippen LogP contribution in [0.15, 0.2) is 83.3 Å². The number of fused-ring (bicyclic) bond motifs is 1. The fraction of sp³-hybridized carbons (Fsp3) is 0. The van der Waals surface area contributed by atoms with Gasteiger partial charge in [0.25, 0.3) is 0 Å². The standard InChI is InChI=1S/C20H13BrN2O/c21-15-12-10-14(11-13-15)19-22-18-9-5-4-8-17(18)20(23-19)24-16-6-2-1-3-7-16/h1-13H. The van der Waals surface area contributed by atoms with E-state index in [0.29, 0.717) is 11.7 Å². The quantitative estimate of drug-likeness (QED) is 0.449. The van der Waals surface area contributed by atoms with Crippen molar-refractivity contribution in [3.63, 3.8) is 0 Å². The van der Waals surface area contributed by atoms with Crippen LogP contribution in [0.3, 0.4) is 0 Å². The Morgan fingerprint density at radius 1 is 0.708 bits per heavy atom. The van der Waals surface area contributed by atoms with Gasteiger partial charge in [0, 0.05) is 10.0 Å². The van der Waals surface area contributed by atoms with Gasteiger partial charge in [-0.2, -0.15) is 4.98 Å². The number of ether oxygens (including phenoxy) is 1. The Hall–Kier alpha value is -2.72. The molecule has 0 aliphatic rings. The number of aromatic nitrogens is 2. The molecule has 3 nitrogen and oxygen atoms in total. The summed E-state index contributed by atoms with van der Waals surface area (Å²) >= 11 is 3.45. The van der Waals surface area contributed by atoms with E-state index in [-0.39, 0.29) is 0 Å². The molecule has 0 unspecified atom stereocenters. The van der Waals surface area contributed by atoms with E-state index in [1.807, 2.05) is 78.9 Å². The molecule has 4 rings (SSSR count). The zero-order valence-electron chi connectivity index (χ0n) is 12.7. The third-order valence-corrected chi connectivity index (χ3v) is 4.16. The third-order valence-electron chi connectivity index (χ3n) is 3.63. The third kappa shape index (κ3) is 3.01. The molecule has 0 amide bonds. The molecule has 4 heteroatoms. The second-order valence-electron chi connectivity index (χ2n) is 5.29. The Bertz CT molecular complexity index is 985. The highest BCUT2D eigenvalue weighted by molar-refractivity contribution is 9.10. The van der Waals surface area contributed by atoms with Crippen LogP contribution in [0.1, 0.15) is 0 Å². The van der Waals surface area contributed by atoms with E-state index in [4.69, 9.17) is 4.74 Å². The van der Waals surface area contributed by atoms with Crippen molar-refractivity contribution in [3.8, 4) is 23.0 Å². The average Bonchev–Trinajstić information content (AvgIpc) is 2.63. The van der Waals surface area contributed by atoms with Gasteiger partial charge in [-0.05, 0) is 36.4 Å². The lowest BCUT2D eigenvalue weighted by Crippen LogP contribution is -1.96. The molecule has 0 aliphatic carbocycles. The van der Waals surface area contributed by atoms with Crippen LogP contribution in [0, 0.1) is 0 Å². The van der Waals surface area contributed by atoms with Crippen molar-refractivity contribution in [2.75, 3.05) is 0 Å². The van der Waals surface area contributed by atoms with Crippen molar-refractivity contribution in [1.82, 2.24) is 9.97 Å². The van der Waals surface area contributed by atoms with E-state index in [1.54, 1.807) is 0 Å². The summed E-state index contributed by atoms with van der Waals surface area (Å²) < 4.78 is 7.04. The summed E-state index contributed by atoms with van der Waals surface area (Å²) in [6, 6.07) is 25.5. The minimum absolute atomic E-state index is 0.560. The molecule has 4 aromatic rings. The molecule has 0 atom stereocenters. The van der Waals surface area contributed by atoms with Crippen LogP contribution in [-0.2, 0) is 0 Å². The molecule has 0 bridgehead atoms. The number of nitrogens with zero attached hydrogens (tertiary/aromatic N) is 2. The summed E-state index contributed by atoms with van der Waals surface area (Å²) in [5, 5.41) is 0.891. The number of hydrogen-bond donors (Lipinski definition) is 0. The SMILES string of the molecule is Brc1ccc(-c2nc(Oc3ccccc3)c3ccccc3n2)cc1. The van der Waals surface area contributed by atoms with Crippen LogP contribution in [0.5, 0.6) is 11.6 Å². The zero-order chi connectivity index (χ0) is 16.4. The second-order valence-corrected chi connectivity index (χ2v) is 6.21. The van der Waals surface area contributed by atoms with Gasteiger partial charge in [0.1, 0.15) is 5.75 Å². The maximum atomic E-state index is 6.02. The van der Waals surface area contributed by atoms with Crippen molar-refractivity contribution >= 4 is 26.8 Å². The summed E-state index contributed by atoms with van der Waals surface area (Å²) in [4.78, 5) is 9.32. The molecule has 0 N–H and O–H groups in total. The van der Waals surface area contributed by atoms with Crippen molar-refractivity contribution in [3.05, 3.63) is 83.3 Å². The first kappa shape index (κ1) is 14.8. The Balaban J connectivity index is 1.86. The van der Waals surface area contributed by atoms with Crippen LogP contribution in [0.4, 0.5) is 0 Å². The van der Waals surface area contributed by atoms with Gasteiger partial charge in [-0.3, -0.25) is 0 Å². The van der Waals surface area contributed by atoms with E-state index >= 15 is 0 Å². The van der Waals surface area contributed by atoms with Crippen LogP contribution in [0.2, 0.25) is 0 Å². The molecule has 0 spiro atoms. The second kappa shape index (κ2) is 6.42. The molecule has 3 aromatic carbocycles. The fourth-order valence-electron chi connectivity index (χ4n) is 2.45. The van der Waals surface area contributed by atoms with E-state index < -0.39 is 0 Å². The Labute approximate surface area is 148 Å². The Kier molecular flexibility index (Phi) is 3.97. The smallest absolute Gasteiger partial charge is 0.230 e. The molecule has 0 radical (unpaired) electrons. The largest absolute Gasteiger partial charge is 0.438 e. The average molecular weight is 377 g/mol. The molecule has 0 saturated carbocycles. The van der Waals surface area contributed by atoms with Gasteiger partial charge in [0.15, 0.2) is 5.82 Å². The van der Waals surface area contributed by atoms with E-state index in [1.165, 1.54) is 0 Å². The number of hydrogen-bond acceptors (Lipinski definition) is 3. The van der Waals surface area contributed by atoms with Crippen molar-refractivity contribution in [1.29, 1.82) is 0 Å². The lowest BCUT2D eigenvalue weighted by molar-refractivity contribution is 0.469. The Morgan fingerprint density at radius 3 is 2.21 bits per heavy atom. The van der Waals surface area contributed by atoms with E-state index in [2.05, 4.69) is 25.9 Å². The highest BCUT2D eigenvalue weighted by Crippen LogP contribution is 2.30. The molecule has 1 heterocycles. The van der Waals surface area contributed by atoms with E-state index in [0.717, 1.165) is 26.7 Å². The molecule has 0 fully saturated rings. The van der Waals surface area contributed by atoms with Gasteiger partial charge in [-0.1, -0.05) is 58.4 Å². The van der Waals surface area contributed by atoms with Crippen LogP contribution < -0.4 is 4.74 Å². The molecule has 1 aromatic heterocycles. The predicted octanol–water partition coefficient (Wildman–Crippen LogP) is 5.85. The van der Waals surface area contributed by atoms with Gasteiger partial charge in [-0.25, -0.2) is 4.98 Å². The molecule has 116 valence electrons. The number of benzene rings is 3. The van der Waals surface area contributed by atoms with Gasteiger partial charge in [0.2, 0.25) is 5.88 Å². The first-order valence-corrected chi connectivity index (χ1v) is 8.34. The highest BCUT2D eigenvalue weighted by Gasteiger charge is 2.11. The summed E-state index contributed by atoms with van der Waals surface area (Å²) in [7, 11) is 0. The maximum Gasteiger partial charge on any atom is 0.230 e. The maximum absolute atomic E-state index is 6.02. The van der Waals surface area contributed by atoms with Crippen LogP contribution >= 0.6 is 15.9 Å². The summed E-state index contributed by atoms with van der Waals surface area (Å²) in [5.74, 6) is 1.96. The topological polar surface area (TPSA) is 35.0 Å².